The van der Waals surface area contributed by atoms with Crippen molar-refractivity contribution >= 4 is 21.2 Å². The normalized spacial score (nSPS) is 12.8. The van der Waals surface area contributed by atoms with Crippen LogP contribution in [0.1, 0.15) is 137 Å². The maximum Gasteiger partial charge on any atom is 0.500 e. The fourth-order valence-electron chi connectivity index (χ4n) is 4.37. The zero-order valence-electron chi connectivity index (χ0n) is 24.0. The molecule has 0 fully saturated rings. The van der Waals surface area contributed by atoms with Crippen molar-refractivity contribution in [2.75, 3.05) is 33.9 Å². The third-order valence-electron chi connectivity index (χ3n) is 6.47. The molecule has 1 atom stereocenters. The molecule has 0 N–H and O–H groups in total. The van der Waals surface area contributed by atoms with Crippen LogP contribution in [0.2, 0.25) is 6.04 Å². The molecule has 4 nitrogen and oxygen atoms in total. The Morgan fingerprint density at radius 2 is 0.912 bits per heavy atom. The van der Waals surface area contributed by atoms with Crippen LogP contribution in [-0.2, 0) is 13.3 Å². The summed E-state index contributed by atoms with van der Waals surface area (Å²) in [6, 6.07) is 1.61. The number of hydrogen-bond acceptors (Lipinski definition) is 4. The van der Waals surface area contributed by atoms with Gasteiger partial charge in [-0.05, 0) is 52.6 Å². The van der Waals surface area contributed by atoms with Gasteiger partial charge in [-0.3, -0.25) is 0 Å². The van der Waals surface area contributed by atoms with Crippen LogP contribution < -0.4 is 0 Å². The first-order valence-electron chi connectivity index (χ1n) is 14.6. The Morgan fingerprint density at radius 1 is 0.529 bits per heavy atom. The number of rotatable bonds is 26. The minimum Gasteiger partial charge on any atom is -0.373 e. The fraction of sp³-hybridized carbons (Fsp3) is 1.00. The molecule has 0 radical (unpaired) electrons. The molecule has 6 heteroatoms. The lowest BCUT2D eigenvalue weighted by molar-refractivity contribution is 0.0581. The summed E-state index contributed by atoms with van der Waals surface area (Å²) in [6.07, 6.45) is 22.2. The van der Waals surface area contributed by atoms with E-state index in [0.717, 1.165) is 51.5 Å². The Kier molecular flexibility index (Phi) is 28.4. The largest absolute Gasteiger partial charge is 0.500 e. The molecule has 0 aliphatic heterocycles. The quantitative estimate of drug-likeness (QED) is 0.0835. The van der Waals surface area contributed by atoms with Crippen LogP contribution in [0.3, 0.4) is 0 Å². The van der Waals surface area contributed by atoms with E-state index in [1.165, 1.54) is 83.5 Å². The molecule has 0 aliphatic carbocycles. The van der Waals surface area contributed by atoms with Crippen LogP contribution in [0.25, 0.3) is 0 Å². The second kappa shape index (κ2) is 26.4. The Bertz CT molecular complexity index is 380. The Balaban J connectivity index is 0. The molecule has 0 bridgehead atoms. The summed E-state index contributed by atoms with van der Waals surface area (Å²) >= 11 is 0. The van der Waals surface area contributed by atoms with Gasteiger partial charge in [0.1, 0.15) is 0 Å². The lowest BCUT2D eigenvalue weighted by Gasteiger charge is -2.31. The van der Waals surface area contributed by atoms with Crippen LogP contribution in [0, 0.1) is 0 Å². The zero-order chi connectivity index (χ0) is 24.6. The molecule has 208 valence electrons. The summed E-state index contributed by atoms with van der Waals surface area (Å²) in [5.74, 6) is 0. The van der Waals surface area contributed by atoms with Gasteiger partial charge in [0.15, 0.2) is 0 Å². The van der Waals surface area contributed by atoms with Crippen molar-refractivity contribution < 1.29 is 13.3 Å². The Hall–Kier alpha value is 0.347. The molecule has 0 rings (SSSR count). The molecule has 0 saturated carbocycles. The van der Waals surface area contributed by atoms with Crippen molar-refractivity contribution in [3.63, 3.8) is 0 Å². The predicted molar refractivity (Wildman–Crippen MR) is 154 cm³/mol. The summed E-state index contributed by atoms with van der Waals surface area (Å²) in [5, 5.41) is 0. The van der Waals surface area contributed by atoms with Gasteiger partial charge >= 0.3 is 8.80 Å². The van der Waals surface area contributed by atoms with E-state index >= 15 is 0 Å². The van der Waals surface area contributed by atoms with Crippen LogP contribution in [0.15, 0.2) is 0 Å². The average molecular weight is 524 g/mol. The van der Waals surface area contributed by atoms with Gasteiger partial charge in [0.2, 0.25) is 0 Å². The minimum absolute atomic E-state index is 0. The van der Waals surface area contributed by atoms with E-state index in [-0.39, 0.29) is 12.4 Å². The van der Waals surface area contributed by atoms with Gasteiger partial charge in [-0.2, -0.15) is 0 Å². The van der Waals surface area contributed by atoms with Crippen LogP contribution in [-0.4, -0.2) is 53.7 Å². The number of unbranched alkanes of at least 4 members (excludes halogenated alkanes) is 10. The second-order valence-corrected chi connectivity index (χ2v) is 12.8. The van der Waals surface area contributed by atoms with Gasteiger partial charge in [-0.25, -0.2) is 0 Å². The van der Waals surface area contributed by atoms with E-state index in [1.807, 2.05) is 0 Å². The molecule has 0 aromatic rings. The van der Waals surface area contributed by atoms with Gasteiger partial charge in [-0.1, -0.05) is 98.3 Å². The summed E-state index contributed by atoms with van der Waals surface area (Å²) in [6.45, 7) is 11.0. The number of hydrogen-bond donors (Lipinski definition) is 0. The third-order valence-corrected chi connectivity index (χ3v) is 9.37. The lowest BCUT2D eigenvalue weighted by Crippen LogP contribution is -2.46. The van der Waals surface area contributed by atoms with E-state index in [1.54, 1.807) is 0 Å². The van der Waals surface area contributed by atoms with Crippen molar-refractivity contribution in [2.45, 2.75) is 149 Å². The summed E-state index contributed by atoms with van der Waals surface area (Å²) < 4.78 is 18.8. The van der Waals surface area contributed by atoms with Gasteiger partial charge in [-0.15, -0.1) is 12.4 Å². The molecule has 0 spiro atoms. The van der Waals surface area contributed by atoms with Crippen molar-refractivity contribution in [3.05, 3.63) is 0 Å². The van der Waals surface area contributed by atoms with Crippen molar-refractivity contribution in [2.24, 2.45) is 0 Å². The molecule has 0 heterocycles. The van der Waals surface area contributed by atoms with E-state index in [2.05, 4.69) is 46.7 Å². The standard InChI is InChI=1S/C28H61NO3Si.ClH/c1-7-11-12-13-14-15-16-17-18-19-20-22-28(29(5)6)23-21-27-33(30-24-8-2,31-25-9-3)32-26-10-4;/h28H,7-27H2,1-6H3;1H. The Labute approximate surface area is 222 Å². The molecule has 34 heavy (non-hydrogen) atoms. The lowest BCUT2D eigenvalue weighted by atomic mass is 10.0. The topological polar surface area (TPSA) is 30.9 Å². The fourth-order valence-corrected chi connectivity index (χ4v) is 7.24. The predicted octanol–water partition coefficient (Wildman–Crippen LogP) is 9.04. The van der Waals surface area contributed by atoms with E-state index in [4.69, 9.17) is 13.3 Å². The molecule has 0 saturated heterocycles. The van der Waals surface area contributed by atoms with Crippen LogP contribution in [0.4, 0.5) is 0 Å². The molecule has 1 unspecified atom stereocenters. The van der Waals surface area contributed by atoms with Crippen molar-refractivity contribution in [1.29, 1.82) is 0 Å². The molecule has 0 amide bonds. The second-order valence-electron chi connectivity index (χ2n) is 10.1. The number of nitrogens with zero attached hydrogens (tertiary/aromatic N) is 1. The highest BCUT2D eigenvalue weighted by atomic mass is 35.5. The maximum atomic E-state index is 6.28. The maximum absolute atomic E-state index is 6.28. The highest BCUT2D eigenvalue weighted by molar-refractivity contribution is 6.60. The molecule has 0 aromatic carbocycles. The first-order valence-corrected chi connectivity index (χ1v) is 16.6. The first kappa shape index (κ1) is 36.5. The van der Waals surface area contributed by atoms with Crippen molar-refractivity contribution in [1.82, 2.24) is 4.90 Å². The highest BCUT2D eigenvalue weighted by Gasteiger charge is 2.40. The molecule has 0 aromatic heterocycles. The summed E-state index contributed by atoms with van der Waals surface area (Å²) in [7, 11) is 1.93. The van der Waals surface area contributed by atoms with Crippen LogP contribution in [0.5, 0.6) is 0 Å². The monoisotopic (exact) mass is 523 g/mol. The SMILES string of the molecule is CCCCCCCCCCCCCC(CCC[Si](OCCC)(OCCC)OCCC)N(C)C.Cl. The zero-order valence-corrected chi connectivity index (χ0v) is 25.8. The average Bonchev–Trinajstić information content (AvgIpc) is 2.81. The van der Waals surface area contributed by atoms with Gasteiger partial charge < -0.3 is 18.2 Å². The molecular formula is C28H62ClNO3Si. The van der Waals surface area contributed by atoms with E-state index in [0.29, 0.717) is 6.04 Å². The van der Waals surface area contributed by atoms with E-state index in [9.17, 15) is 0 Å². The van der Waals surface area contributed by atoms with Crippen LogP contribution >= 0.6 is 12.4 Å². The summed E-state index contributed by atoms with van der Waals surface area (Å²) in [4.78, 5) is 2.42. The first-order chi connectivity index (χ1) is 16.0. The van der Waals surface area contributed by atoms with E-state index < -0.39 is 8.80 Å². The van der Waals surface area contributed by atoms with Gasteiger partial charge in [0, 0.05) is 31.9 Å². The van der Waals surface area contributed by atoms with Crippen molar-refractivity contribution in [3.8, 4) is 0 Å². The highest BCUT2D eigenvalue weighted by Crippen LogP contribution is 2.23. The molecule has 0 aliphatic rings. The minimum atomic E-state index is -2.55. The smallest absolute Gasteiger partial charge is 0.373 e. The number of halogens is 1. The van der Waals surface area contributed by atoms with Gasteiger partial charge in [0.05, 0.1) is 0 Å². The molecular weight excluding hydrogens is 462 g/mol. The Morgan fingerprint density at radius 3 is 1.29 bits per heavy atom. The van der Waals surface area contributed by atoms with Gasteiger partial charge in [0.25, 0.3) is 0 Å². The third kappa shape index (κ3) is 20.5. The summed E-state index contributed by atoms with van der Waals surface area (Å²) in [5.41, 5.74) is 0.